The van der Waals surface area contributed by atoms with Gasteiger partial charge in [-0.2, -0.15) is 0 Å². The van der Waals surface area contributed by atoms with Gasteiger partial charge in [0.2, 0.25) is 5.91 Å². The van der Waals surface area contributed by atoms with Crippen molar-refractivity contribution in [3.05, 3.63) is 29.8 Å². The molecule has 0 saturated carbocycles. The van der Waals surface area contributed by atoms with Crippen LogP contribution < -0.4 is 10.1 Å². The molecule has 4 heteroatoms. The van der Waals surface area contributed by atoms with Crippen LogP contribution in [0.3, 0.4) is 0 Å². The van der Waals surface area contributed by atoms with E-state index in [-0.39, 0.29) is 17.4 Å². The van der Waals surface area contributed by atoms with Crippen LogP contribution in [0.2, 0.25) is 0 Å². The number of amides is 1. The molecule has 0 radical (unpaired) electrons. The molecule has 0 aliphatic carbocycles. The van der Waals surface area contributed by atoms with Crippen molar-refractivity contribution < 1.29 is 14.3 Å². The van der Waals surface area contributed by atoms with Gasteiger partial charge in [-0.3, -0.25) is 4.79 Å². The summed E-state index contributed by atoms with van der Waals surface area (Å²) in [4.78, 5) is 11.7. The summed E-state index contributed by atoms with van der Waals surface area (Å²) >= 11 is 0. The molecule has 1 aromatic rings. The monoisotopic (exact) mass is 291 g/mol. The Kier molecular flexibility index (Phi) is 5.23. The molecule has 1 aliphatic rings. The molecule has 21 heavy (non-hydrogen) atoms. The smallest absolute Gasteiger partial charge is 0.249 e. The zero-order chi connectivity index (χ0) is 15.3. The zero-order valence-corrected chi connectivity index (χ0v) is 13.1. The van der Waals surface area contributed by atoms with Crippen LogP contribution in [0.1, 0.15) is 39.2 Å². The van der Waals surface area contributed by atoms with Crippen molar-refractivity contribution in [3.8, 4) is 5.75 Å². The van der Waals surface area contributed by atoms with E-state index in [2.05, 4.69) is 38.2 Å². The average molecular weight is 291 g/mol. The van der Waals surface area contributed by atoms with Gasteiger partial charge in [-0.25, -0.2) is 0 Å². The number of nitrogens with one attached hydrogen (secondary N) is 1. The lowest BCUT2D eigenvalue weighted by molar-refractivity contribution is -0.130. The van der Waals surface area contributed by atoms with Crippen molar-refractivity contribution in [2.75, 3.05) is 19.8 Å². The fraction of sp³-hybridized carbons (Fsp3) is 0.588. The van der Waals surface area contributed by atoms with E-state index in [1.807, 2.05) is 12.1 Å². The normalized spacial score (nSPS) is 18.5. The number of carbonyl (C=O) groups excluding carboxylic acids is 1. The Morgan fingerprint density at radius 3 is 2.62 bits per heavy atom. The van der Waals surface area contributed by atoms with Crippen LogP contribution in [0.15, 0.2) is 24.3 Å². The molecular formula is C17H25NO3. The van der Waals surface area contributed by atoms with E-state index in [0.717, 1.165) is 18.6 Å². The van der Waals surface area contributed by atoms with Gasteiger partial charge >= 0.3 is 0 Å². The Labute approximate surface area is 126 Å². The molecule has 1 aromatic carbocycles. The van der Waals surface area contributed by atoms with E-state index in [9.17, 15) is 4.79 Å². The first kappa shape index (κ1) is 15.8. The summed E-state index contributed by atoms with van der Waals surface area (Å²) in [5.41, 5.74) is 1.43. The Bertz CT molecular complexity index is 456. The summed E-state index contributed by atoms with van der Waals surface area (Å²) < 4.78 is 11.0. The second-order valence-corrected chi connectivity index (χ2v) is 6.42. The molecule has 1 aliphatic heterocycles. The van der Waals surface area contributed by atoms with Gasteiger partial charge in [-0.05, 0) is 36.0 Å². The predicted molar refractivity (Wildman–Crippen MR) is 82.6 cm³/mol. The van der Waals surface area contributed by atoms with E-state index in [4.69, 9.17) is 9.47 Å². The third kappa shape index (κ3) is 4.74. The number of ether oxygens (including phenoxy) is 2. The Balaban J connectivity index is 1.70. The number of rotatable bonds is 5. The highest BCUT2D eigenvalue weighted by Crippen LogP contribution is 2.24. The Morgan fingerprint density at radius 2 is 2.05 bits per heavy atom. The van der Waals surface area contributed by atoms with Crippen molar-refractivity contribution in [1.29, 1.82) is 0 Å². The first-order chi connectivity index (χ1) is 9.97. The van der Waals surface area contributed by atoms with Crippen LogP contribution in [-0.4, -0.2) is 31.8 Å². The maximum absolute atomic E-state index is 11.7. The van der Waals surface area contributed by atoms with Crippen LogP contribution in [0, 0.1) is 0 Å². The minimum Gasteiger partial charge on any atom is -0.492 e. The first-order valence-corrected chi connectivity index (χ1v) is 7.59. The molecule has 1 atom stereocenters. The molecule has 0 spiro atoms. The molecule has 0 aromatic heterocycles. The number of hydrogen-bond donors (Lipinski definition) is 1. The summed E-state index contributed by atoms with van der Waals surface area (Å²) in [7, 11) is 0. The van der Waals surface area contributed by atoms with E-state index in [1.165, 1.54) is 5.56 Å². The van der Waals surface area contributed by atoms with Gasteiger partial charge in [-0.1, -0.05) is 32.9 Å². The molecular weight excluding hydrogens is 266 g/mol. The standard InChI is InChI=1S/C17H25NO3/c1-17(2,3)13-6-8-14(9-7-13)20-12-10-18-16(19)15-5-4-11-21-15/h6-9,15H,4-5,10-12H2,1-3H3,(H,18,19). The second kappa shape index (κ2) is 6.94. The van der Waals surface area contributed by atoms with Gasteiger partial charge in [0.25, 0.3) is 0 Å². The van der Waals surface area contributed by atoms with Gasteiger partial charge in [0.1, 0.15) is 18.5 Å². The zero-order valence-electron chi connectivity index (χ0n) is 13.1. The summed E-state index contributed by atoms with van der Waals surface area (Å²) in [5, 5.41) is 2.84. The molecule has 0 bridgehead atoms. The van der Waals surface area contributed by atoms with Gasteiger partial charge < -0.3 is 14.8 Å². The third-order valence-corrected chi connectivity index (χ3v) is 3.61. The first-order valence-electron chi connectivity index (χ1n) is 7.59. The van der Waals surface area contributed by atoms with Gasteiger partial charge in [-0.15, -0.1) is 0 Å². The van der Waals surface area contributed by atoms with Gasteiger partial charge in [0, 0.05) is 6.61 Å². The summed E-state index contributed by atoms with van der Waals surface area (Å²) in [6.07, 6.45) is 1.52. The lowest BCUT2D eigenvalue weighted by atomic mass is 9.87. The Hall–Kier alpha value is -1.55. The number of benzene rings is 1. The maximum atomic E-state index is 11.7. The number of hydrogen-bond acceptors (Lipinski definition) is 3. The largest absolute Gasteiger partial charge is 0.492 e. The molecule has 1 heterocycles. The lowest BCUT2D eigenvalue weighted by Crippen LogP contribution is -2.36. The topological polar surface area (TPSA) is 47.6 Å². The van der Waals surface area contributed by atoms with Crippen LogP contribution in [0.25, 0.3) is 0 Å². The molecule has 1 saturated heterocycles. The molecule has 1 N–H and O–H groups in total. The van der Waals surface area contributed by atoms with Crippen molar-refractivity contribution in [1.82, 2.24) is 5.32 Å². The van der Waals surface area contributed by atoms with E-state index >= 15 is 0 Å². The second-order valence-electron chi connectivity index (χ2n) is 6.42. The molecule has 1 fully saturated rings. The Morgan fingerprint density at radius 1 is 1.33 bits per heavy atom. The highest BCUT2D eigenvalue weighted by molar-refractivity contribution is 5.80. The van der Waals surface area contributed by atoms with Crippen LogP contribution >= 0.6 is 0 Å². The lowest BCUT2D eigenvalue weighted by Gasteiger charge is -2.19. The van der Waals surface area contributed by atoms with Gasteiger partial charge in [0.15, 0.2) is 0 Å². The quantitative estimate of drug-likeness (QED) is 0.848. The van der Waals surface area contributed by atoms with Crippen LogP contribution in [-0.2, 0) is 14.9 Å². The van der Waals surface area contributed by atoms with Crippen LogP contribution in [0.5, 0.6) is 5.75 Å². The summed E-state index contributed by atoms with van der Waals surface area (Å²) in [6, 6.07) is 8.12. The van der Waals surface area contributed by atoms with E-state index in [0.29, 0.717) is 19.8 Å². The van der Waals surface area contributed by atoms with Crippen molar-refractivity contribution in [3.63, 3.8) is 0 Å². The fourth-order valence-corrected chi connectivity index (χ4v) is 2.29. The fourth-order valence-electron chi connectivity index (χ4n) is 2.29. The minimum atomic E-state index is -0.268. The summed E-state index contributed by atoms with van der Waals surface area (Å²) in [6.45, 7) is 8.21. The minimum absolute atomic E-state index is 0.0285. The highest BCUT2D eigenvalue weighted by atomic mass is 16.5. The van der Waals surface area contributed by atoms with Crippen molar-refractivity contribution >= 4 is 5.91 Å². The highest BCUT2D eigenvalue weighted by Gasteiger charge is 2.22. The predicted octanol–water partition coefficient (Wildman–Crippen LogP) is 2.66. The van der Waals surface area contributed by atoms with Crippen LogP contribution in [0.4, 0.5) is 0 Å². The molecule has 1 unspecified atom stereocenters. The maximum Gasteiger partial charge on any atom is 0.249 e. The number of carbonyl (C=O) groups is 1. The SMILES string of the molecule is CC(C)(C)c1ccc(OCCNC(=O)C2CCCO2)cc1. The van der Waals surface area contributed by atoms with Gasteiger partial charge in [0.05, 0.1) is 6.54 Å². The van der Waals surface area contributed by atoms with E-state index < -0.39 is 0 Å². The van der Waals surface area contributed by atoms with Crippen molar-refractivity contribution in [2.24, 2.45) is 0 Å². The van der Waals surface area contributed by atoms with E-state index in [1.54, 1.807) is 0 Å². The molecule has 116 valence electrons. The average Bonchev–Trinajstić information content (AvgIpc) is 2.97. The molecule has 2 rings (SSSR count). The molecule has 1 amide bonds. The molecule has 4 nitrogen and oxygen atoms in total. The van der Waals surface area contributed by atoms with Crippen molar-refractivity contribution in [2.45, 2.75) is 45.1 Å². The third-order valence-electron chi connectivity index (χ3n) is 3.61. The summed E-state index contributed by atoms with van der Waals surface area (Å²) in [5.74, 6) is 0.800.